The molecule has 1 aromatic carbocycles. The molecule has 0 N–H and O–H groups in total. The van der Waals surface area contributed by atoms with Crippen molar-refractivity contribution in [2.24, 2.45) is 0 Å². The molecule has 0 saturated carbocycles. The van der Waals surface area contributed by atoms with Crippen LogP contribution >= 0.6 is 0 Å². The van der Waals surface area contributed by atoms with E-state index in [0.29, 0.717) is 13.1 Å². The summed E-state index contributed by atoms with van der Waals surface area (Å²) in [5.41, 5.74) is 1.03. The number of aromatic nitrogens is 2. The summed E-state index contributed by atoms with van der Waals surface area (Å²) in [6.45, 7) is 5.76. The van der Waals surface area contributed by atoms with Crippen molar-refractivity contribution in [2.75, 3.05) is 39.3 Å². The zero-order chi connectivity index (χ0) is 18.5. The smallest absolute Gasteiger partial charge is 0.242 e. The van der Waals surface area contributed by atoms with Crippen molar-refractivity contribution in [1.29, 1.82) is 0 Å². The van der Waals surface area contributed by atoms with Crippen molar-refractivity contribution in [3.05, 3.63) is 42.7 Å². The van der Waals surface area contributed by atoms with Gasteiger partial charge in [-0.15, -0.1) is 0 Å². The predicted octanol–water partition coefficient (Wildman–Crippen LogP) is 2.26. The summed E-state index contributed by atoms with van der Waals surface area (Å²) in [7, 11) is 0. The summed E-state index contributed by atoms with van der Waals surface area (Å²) in [5.74, 6) is 0.978. The van der Waals surface area contributed by atoms with Crippen LogP contribution in [-0.4, -0.2) is 70.7 Å². The van der Waals surface area contributed by atoms with Crippen molar-refractivity contribution in [1.82, 2.24) is 19.4 Å². The van der Waals surface area contributed by atoms with Gasteiger partial charge in [0.15, 0.2) is 0 Å². The van der Waals surface area contributed by atoms with Crippen LogP contribution in [-0.2, 0) is 16.1 Å². The maximum atomic E-state index is 13.0. The number of amides is 1. The van der Waals surface area contributed by atoms with Crippen molar-refractivity contribution in [2.45, 2.75) is 31.9 Å². The molecule has 144 valence electrons. The quantitative estimate of drug-likeness (QED) is 0.812. The molecular weight excluding hydrogens is 340 g/mol. The number of nitrogens with zero attached hydrogens (tertiary/aromatic N) is 4. The van der Waals surface area contributed by atoms with Crippen LogP contribution in [0.5, 0.6) is 0 Å². The van der Waals surface area contributed by atoms with Crippen molar-refractivity contribution >= 4 is 5.91 Å². The van der Waals surface area contributed by atoms with Gasteiger partial charge >= 0.3 is 0 Å². The largest absolute Gasteiger partial charge is 0.375 e. The Hall–Kier alpha value is -2.18. The number of rotatable bonds is 5. The fourth-order valence-electron chi connectivity index (χ4n) is 4.02. The Morgan fingerprint density at radius 3 is 2.74 bits per heavy atom. The highest BCUT2D eigenvalue weighted by Crippen LogP contribution is 2.18. The summed E-state index contributed by atoms with van der Waals surface area (Å²) >= 11 is 0. The molecule has 27 heavy (non-hydrogen) atoms. The molecule has 2 aromatic rings. The van der Waals surface area contributed by atoms with Crippen LogP contribution in [0.15, 0.2) is 42.7 Å². The van der Waals surface area contributed by atoms with E-state index in [1.54, 1.807) is 6.20 Å². The first-order valence-corrected chi connectivity index (χ1v) is 9.98. The van der Waals surface area contributed by atoms with Gasteiger partial charge in [-0.1, -0.05) is 30.3 Å². The number of likely N-dealkylation sites (tertiary alicyclic amines) is 1. The minimum absolute atomic E-state index is 0.117. The second-order valence-electron chi connectivity index (χ2n) is 7.44. The van der Waals surface area contributed by atoms with Crippen molar-refractivity contribution < 1.29 is 9.53 Å². The molecule has 2 saturated heterocycles. The number of hydrogen-bond acceptors (Lipinski definition) is 4. The van der Waals surface area contributed by atoms with E-state index in [2.05, 4.69) is 9.88 Å². The van der Waals surface area contributed by atoms with E-state index in [1.165, 1.54) is 12.8 Å². The molecule has 0 radical (unpaired) electrons. The van der Waals surface area contributed by atoms with Gasteiger partial charge in [-0.05, 0) is 32.4 Å². The van der Waals surface area contributed by atoms with Gasteiger partial charge in [-0.3, -0.25) is 4.79 Å². The summed E-state index contributed by atoms with van der Waals surface area (Å²) in [6, 6.07) is 10.0. The molecule has 6 nitrogen and oxygen atoms in total. The van der Waals surface area contributed by atoms with Gasteiger partial charge in [0, 0.05) is 44.2 Å². The Kier molecular flexibility index (Phi) is 5.84. The normalized spacial score (nSPS) is 21.3. The fraction of sp³-hybridized carbons (Fsp3) is 0.524. The van der Waals surface area contributed by atoms with Crippen LogP contribution in [0, 0.1) is 0 Å². The Morgan fingerprint density at radius 1 is 1.11 bits per heavy atom. The van der Waals surface area contributed by atoms with Gasteiger partial charge in [0.1, 0.15) is 12.4 Å². The SMILES string of the molecule is O=C(Cn1ccnc1-c1ccccc1)N1CCCO[C@H](CN2CCCC2)C1. The van der Waals surface area contributed by atoms with Gasteiger partial charge in [-0.25, -0.2) is 4.98 Å². The van der Waals surface area contributed by atoms with Crippen LogP contribution in [0.2, 0.25) is 0 Å². The highest BCUT2D eigenvalue weighted by Gasteiger charge is 2.25. The molecule has 0 spiro atoms. The molecule has 1 aromatic heterocycles. The number of carbonyl (C=O) groups is 1. The Morgan fingerprint density at radius 2 is 1.93 bits per heavy atom. The summed E-state index contributed by atoms with van der Waals surface area (Å²) in [4.78, 5) is 21.9. The Bertz CT molecular complexity index is 740. The van der Waals surface area contributed by atoms with Crippen LogP contribution in [0.3, 0.4) is 0 Å². The average Bonchev–Trinajstić information content (AvgIpc) is 3.31. The van der Waals surface area contributed by atoms with Crippen LogP contribution in [0.4, 0.5) is 0 Å². The molecular formula is C21H28N4O2. The lowest BCUT2D eigenvalue weighted by Gasteiger charge is -2.27. The number of imidazole rings is 1. The predicted molar refractivity (Wildman–Crippen MR) is 104 cm³/mol. The zero-order valence-corrected chi connectivity index (χ0v) is 15.8. The van der Waals surface area contributed by atoms with Gasteiger partial charge in [0.25, 0.3) is 0 Å². The molecule has 1 amide bonds. The van der Waals surface area contributed by atoms with Crippen molar-refractivity contribution in [3.63, 3.8) is 0 Å². The maximum absolute atomic E-state index is 13.0. The average molecular weight is 368 g/mol. The third-order valence-electron chi connectivity index (χ3n) is 5.42. The van der Waals surface area contributed by atoms with Crippen LogP contribution in [0.25, 0.3) is 11.4 Å². The second-order valence-corrected chi connectivity index (χ2v) is 7.44. The molecule has 0 bridgehead atoms. The summed E-state index contributed by atoms with van der Waals surface area (Å²) < 4.78 is 7.96. The van der Waals surface area contributed by atoms with Gasteiger partial charge in [-0.2, -0.15) is 0 Å². The Balaban J connectivity index is 1.41. The number of benzene rings is 1. The first-order valence-electron chi connectivity index (χ1n) is 9.98. The first-order chi connectivity index (χ1) is 13.3. The molecule has 2 aliphatic heterocycles. The van der Waals surface area contributed by atoms with E-state index in [-0.39, 0.29) is 12.0 Å². The lowest BCUT2D eigenvalue weighted by atomic mass is 10.2. The third kappa shape index (κ3) is 4.57. The lowest BCUT2D eigenvalue weighted by Crippen LogP contribution is -2.42. The highest BCUT2D eigenvalue weighted by molar-refractivity contribution is 5.76. The van der Waals surface area contributed by atoms with Gasteiger partial charge < -0.3 is 19.1 Å². The number of ether oxygens (including phenoxy) is 1. The van der Waals surface area contributed by atoms with E-state index in [1.807, 2.05) is 46.0 Å². The van der Waals surface area contributed by atoms with Crippen LogP contribution in [0.1, 0.15) is 19.3 Å². The summed E-state index contributed by atoms with van der Waals surface area (Å²) in [5, 5.41) is 0. The van der Waals surface area contributed by atoms with E-state index < -0.39 is 0 Å². The molecule has 6 heteroatoms. The molecule has 2 fully saturated rings. The first kappa shape index (κ1) is 18.2. The molecule has 1 atom stereocenters. The molecule has 0 unspecified atom stereocenters. The molecule has 0 aliphatic carbocycles. The minimum atomic E-state index is 0.117. The number of carbonyl (C=O) groups excluding carboxylic acids is 1. The standard InChI is InChI=1S/C21H28N4O2/c26-20(17-25-13-9-22-21(25)18-7-2-1-3-8-18)24-12-6-14-27-19(16-24)15-23-10-4-5-11-23/h1-3,7-9,13,19H,4-6,10-12,14-17H2/t19-/m1/s1. The second kappa shape index (κ2) is 8.67. The lowest BCUT2D eigenvalue weighted by molar-refractivity contribution is -0.132. The van der Waals surface area contributed by atoms with E-state index in [4.69, 9.17) is 4.74 Å². The van der Waals surface area contributed by atoms with E-state index >= 15 is 0 Å². The topological polar surface area (TPSA) is 50.6 Å². The maximum Gasteiger partial charge on any atom is 0.242 e. The van der Waals surface area contributed by atoms with E-state index in [0.717, 1.165) is 50.6 Å². The minimum Gasteiger partial charge on any atom is -0.375 e. The summed E-state index contributed by atoms with van der Waals surface area (Å²) in [6.07, 6.45) is 7.22. The monoisotopic (exact) mass is 368 g/mol. The van der Waals surface area contributed by atoms with Crippen molar-refractivity contribution in [3.8, 4) is 11.4 Å². The van der Waals surface area contributed by atoms with Crippen LogP contribution < -0.4 is 0 Å². The van der Waals surface area contributed by atoms with Gasteiger partial charge in [0.2, 0.25) is 5.91 Å². The highest BCUT2D eigenvalue weighted by atomic mass is 16.5. The zero-order valence-electron chi connectivity index (χ0n) is 15.8. The van der Waals surface area contributed by atoms with E-state index in [9.17, 15) is 4.79 Å². The fourth-order valence-corrected chi connectivity index (χ4v) is 4.02. The molecule has 3 heterocycles. The number of hydrogen-bond donors (Lipinski definition) is 0. The molecule has 4 rings (SSSR count). The molecule has 2 aliphatic rings. The van der Waals surface area contributed by atoms with Gasteiger partial charge in [0.05, 0.1) is 6.10 Å². The third-order valence-corrected chi connectivity index (χ3v) is 5.42. The Labute approximate surface area is 160 Å².